The molecule has 1 spiro atoms. The van der Waals surface area contributed by atoms with Gasteiger partial charge >= 0.3 is 0 Å². The quantitative estimate of drug-likeness (QED) is 0.591. The summed E-state index contributed by atoms with van der Waals surface area (Å²) in [5, 5.41) is 0. The van der Waals surface area contributed by atoms with Crippen molar-refractivity contribution < 1.29 is 0 Å². The maximum atomic E-state index is 4.79. The lowest BCUT2D eigenvalue weighted by molar-refractivity contribution is 0.170. The second-order valence-electron chi connectivity index (χ2n) is 5.36. The molecule has 0 amide bonds. The molecule has 0 saturated carbocycles. The van der Waals surface area contributed by atoms with E-state index in [1.165, 1.54) is 50.9 Å². The van der Waals surface area contributed by atoms with Gasteiger partial charge in [-0.25, -0.2) is 0 Å². The molecular weight excluding hydrogens is 184 g/mol. The minimum Gasteiger partial charge on any atom is -0.306 e. The Hall–Kier alpha value is -0.630. The molecule has 3 aliphatic rings. The van der Waals surface area contributed by atoms with Crippen LogP contribution in [-0.2, 0) is 0 Å². The predicted molar refractivity (Wildman–Crippen MR) is 63.4 cm³/mol. The van der Waals surface area contributed by atoms with Crippen molar-refractivity contribution in [1.82, 2.24) is 4.90 Å². The van der Waals surface area contributed by atoms with Crippen LogP contribution in [0.5, 0.6) is 0 Å². The number of likely N-dealkylation sites (tertiary alicyclic amines) is 1. The van der Waals surface area contributed by atoms with Gasteiger partial charge in [0.25, 0.3) is 0 Å². The summed E-state index contributed by atoms with van der Waals surface area (Å²) in [5.41, 5.74) is 3.55. The largest absolute Gasteiger partial charge is 0.306 e. The summed E-state index contributed by atoms with van der Waals surface area (Å²) in [5.74, 6) is 0. The van der Waals surface area contributed by atoms with Crippen LogP contribution in [0, 0.1) is 5.41 Å². The van der Waals surface area contributed by atoms with Crippen LogP contribution < -0.4 is 0 Å². The summed E-state index contributed by atoms with van der Waals surface area (Å²) in [6.45, 7) is 3.59. The lowest BCUT2D eigenvalue weighted by Gasteiger charge is -2.39. The van der Waals surface area contributed by atoms with Gasteiger partial charge in [-0.15, -0.1) is 0 Å². The van der Waals surface area contributed by atoms with Crippen molar-refractivity contribution in [3.8, 4) is 0 Å². The maximum absolute atomic E-state index is 4.79. The fourth-order valence-electron chi connectivity index (χ4n) is 3.26. The molecule has 0 aromatic rings. The van der Waals surface area contributed by atoms with E-state index in [1.54, 1.807) is 5.57 Å². The molecule has 2 aliphatic heterocycles. The first-order valence-corrected chi connectivity index (χ1v) is 6.23. The number of fused-ring (bicyclic) bond motifs is 2. The Balaban J connectivity index is 1.86. The number of hydrogen-bond acceptors (Lipinski definition) is 2. The lowest BCUT2D eigenvalue weighted by Crippen LogP contribution is -2.40. The molecule has 3 rings (SSSR count). The van der Waals surface area contributed by atoms with Gasteiger partial charge in [-0.1, -0.05) is 6.08 Å². The number of nitrogens with zero attached hydrogens (tertiary/aromatic N) is 2. The van der Waals surface area contributed by atoms with E-state index < -0.39 is 0 Å². The molecule has 0 bridgehead atoms. The molecule has 1 aliphatic carbocycles. The number of rotatable bonds is 0. The second kappa shape index (κ2) is 3.44. The number of hydrogen-bond donors (Lipinski definition) is 0. The van der Waals surface area contributed by atoms with Crippen LogP contribution in [0.1, 0.15) is 32.1 Å². The third-order valence-corrected chi connectivity index (χ3v) is 4.37. The third-order valence-electron chi connectivity index (χ3n) is 4.37. The van der Waals surface area contributed by atoms with Gasteiger partial charge in [0.15, 0.2) is 0 Å². The molecule has 0 unspecified atom stereocenters. The van der Waals surface area contributed by atoms with Gasteiger partial charge in [0.05, 0.1) is 0 Å². The Morgan fingerprint density at radius 3 is 2.93 bits per heavy atom. The maximum Gasteiger partial charge on any atom is 0.0491 e. The highest BCUT2D eigenvalue weighted by Crippen LogP contribution is 2.45. The molecule has 2 heteroatoms. The highest BCUT2D eigenvalue weighted by atomic mass is 15.1. The summed E-state index contributed by atoms with van der Waals surface area (Å²) in [7, 11) is 2.23. The molecule has 0 N–H and O–H groups in total. The van der Waals surface area contributed by atoms with Crippen LogP contribution in [0.15, 0.2) is 16.6 Å². The van der Waals surface area contributed by atoms with E-state index >= 15 is 0 Å². The van der Waals surface area contributed by atoms with E-state index in [1.807, 2.05) is 0 Å². The third kappa shape index (κ3) is 1.46. The molecule has 0 atom stereocenters. The fourth-order valence-corrected chi connectivity index (χ4v) is 3.26. The topological polar surface area (TPSA) is 15.6 Å². The summed E-state index contributed by atoms with van der Waals surface area (Å²) in [4.78, 5) is 7.24. The molecular formula is C13H20N2. The normalized spacial score (nSPS) is 29.9. The summed E-state index contributed by atoms with van der Waals surface area (Å²) in [6, 6.07) is 0. The molecule has 2 nitrogen and oxygen atoms in total. The Morgan fingerprint density at radius 1 is 1.33 bits per heavy atom. The van der Waals surface area contributed by atoms with Crippen molar-refractivity contribution >= 4 is 5.71 Å². The summed E-state index contributed by atoms with van der Waals surface area (Å²) < 4.78 is 0. The van der Waals surface area contributed by atoms with Gasteiger partial charge in [-0.05, 0) is 57.8 Å². The van der Waals surface area contributed by atoms with E-state index in [-0.39, 0.29) is 0 Å². The second-order valence-corrected chi connectivity index (χ2v) is 5.36. The lowest BCUT2D eigenvalue weighted by atomic mass is 9.71. The van der Waals surface area contributed by atoms with Crippen molar-refractivity contribution in [3.05, 3.63) is 11.6 Å². The van der Waals surface area contributed by atoms with Crippen LogP contribution in [0.25, 0.3) is 0 Å². The Bertz CT molecular complexity index is 319. The SMILES string of the molecule is CN1CCC2(CC1)CN=C1CCCC=C12. The van der Waals surface area contributed by atoms with Crippen LogP contribution >= 0.6 is 0 Å². The number of allylic oxidation sites excluding steroid dienone is 1. The highest BCUT2D eigenvalue weighted by Gasteiger charge is 2.42. The Labute approximate surface area is 92.1 Å². The molecule has 82 valence electrons. The molecule has 0 aromatic heterocycles. The smallest absolute Gasteiger partial charge is 0.0491 e. The highest BCUT2D eigenvalue weighted by molar-refractivity contribution is 6.03. The Morgan fingerprint density at radius 2 is 2.13 bits per heavy atom. The zero-order valence-corrected chi connectivity index (χ0v) is 9.63. The number of aliphatic imine (C=N–C) groups is 1. The van der Waals surface area contributed by atoms with Crippen molar-refractivity contribution in [2.24, 2.45) is 10.4 Å². The van der Waals surface area contributed by atoms with Crippen molar-refractivity contribution in [3.63, 3.8) is 0 Å². The first-order valence-electron chi connectivity index (χ1n) is 6.23. The zero-order valence-electron chi connectivity index (χ0n) is 9.63. The first kappa shape index (κ1) is 9.59. The molecule has 1 fully saturated rings. The van der Waals surface area contributed by atoms with Gasteiger partial charge in [0.1, 0.15) is 0 Å². The molecule has 1 saturated heterocycles. The van der Waals surface area contributed by atoms with E-state index in [4.69, 9.17) is 4.99 Å². The van der Waals surface area contributed by atoms with Crippen LogP contribution in [0.4, 0.5) is 0 Å². The van der Waals surface area contributed by atoms with Gasteiger partial charge < -0.3 is 4.90 Å². The van der Waals surface area contributed by atoms with E-state index in [0.29, 0.717) is 5.41 Å². The van der Waals surface area contributed by atoms with Gasteiger partial charge in [0.2, 0.25) is 0 Å². The first-order chi connectivity index (χ1) is 7.30. The van der Waals surface area contributed by atoms with Gasteiger partial charge in [-0.2, -0.15) is 0 Å². The minimum atomic E-state index is 0.461. The molecule has 0 aromatic carbocycles. The van der Waals surface area contributed by atoms with Gasteiger partial charge in [-0.3, -0.25) is 4.99 Å². The predicted octanol–water partition coefficient (Wildman–Crippen LogP) is 2.26. The van der Waals surface area contributed by atoms with Crippen molar-refractivity contribution in [2.45, 2.75) is 32.1 Å². The molecule has 15 heavy (non-hydrogen) atoms. The standard InChI is InChI=1S/C13H20N2/c1-15-8-6-13(7-9-15)10-14-12-5-3-2-4-11(12)13/h4H,2-3,5-10H2,1H3. The molecule has 2 heterocycles. The van der Waals surface area contributed by atoms with Crippen molar-refractivity contribution in [2.75, 3.05) is 26.7 Å². The monoisotopic (exact) mass is 204 g/mol. The summed E-state index contributed by atoms with van der Waals surface area (Å²) >= 11 is 0. The molecule has 0 radical (unpaired) electrons. The van der Waals surface area contributed by atoms with Crippen LogP contribution in [-0.4, -0.2) is 37.3 Å². The van der Waals surface area contributed by atoms with Crippen LogP contribution in [0.3, 0.4) is 0 Å². The Kier molecular flexibility index (Phi) is 2.20. The zero-order chi connectivity index (χ0) is 10.3. The average Bonchev–Trinajstić information content (AvgIpc) is 2.63. The van der Waals surface area contributed by atoms with Crippen molar-refractivity contribution in [1.29, 1.82) is 0 Å². The van der Waals surface area contributed by atoms with Gasteiger partial charge in [0, 0.05) is 17.7 Å². The summed E-state index contributed by atoms with van der Waals surface area (Å²) in [6.07, 6.45) is 8.97. The fraction of sp³-hybridized carbons (Fsp3) is 0.769. The minimum absolute atomic E-state index is 0.461. The van der Waals surface area contributed by atoms with E-state index in [2.05, 4.69) is 18.0 Å². The van der Waals surface area contributed by atoms with E-state index in [9.17, 15) is 0 Å². The number of piperidine rings is 1. The average molecular weight is 204 g/mol. The van der Waals surface area contributed by atoms with Crippen LogP contribution in [0.2, 0.25) is 0 Å². The van der Waals surface area contributed by atoms with E-state index in [0.717, 1.165) is 6.54 Å².